The molecule has 6 nitrogen and oxygen atoms in total. The third-order valence-corrected chi connectivity index (χ3v) is 3.87. The van der Waals surface area contributed by atoms with Crippen LogP contribution in [-0.2, 0) is 13.0 Å². The van der Waals surface area contributed by atoms with Crippen LogP contribution in [0.1, 0.15) is 11.1 Å². The highest BCUT2D eigenvalue weighted by molar-refractivity contribution is 5.73. The average molecular weight is 394 g/mol. The molecule has 2 aromatic rings. The molecule has 2 aromatic carbocycles. The Morgan fingerprint density at radius 3 is 2.50 bits per heavy atom. The molecule has 0 aliphatic rings. The zero-order valence-electron chi connectivity index (χ0n) is 15.8. The third kappa shape index (κ3) is 6.94. The van der Waals surface area contributed by atoms with Gasteiger partial charge in [-0.15, -0.1) is 0 Å². The lowest BCUT2D eigenvalue weighted by molar-refractivity contribution is 0.0818. The summed E-state index contributed by atoms with van der Waals surface area (Å²) in [5.74, 6) is 1.63. The molecular formula is C20H24F2N2O4. The Kier molecular flexibility index (Phi) is 8.33. The molecule has 0 aromatic heterocycles. The van der Waals surface area contributed by atoms with E-state index in [0.717, 1.165) is 11.1 Å². The molecule has 8 heteroatoms. The SMILES string of the molecule is COc1ccc(CCNC(=O)NCc2cccc(OCC(F)F)c2)cc1OC. The lowest BCUT2D eigenvalue weighted by atomic mass is 10.1. The van der Waals surface area contributed by atoms with E-state index in [0.29, 0.717) is 30.2 Å². The summed E-state index contributed by atoms with van der Waals surface area (Å²) in [4.78, 5) is 11.9. The second-order valence-electron chi connectivity index (χ2n) is 5.90. The highest BCUT2D eigenvalue weighted by Gasteiger charge is 2.07. The van der Waals surface area contributed by atoms with E-state index in [-0.39, 0.29) is 12.6 Å². The van der Waals surface area contributed by atoms with Crippen molar-refractivity contribution in [2.75, 3.05) is 27.4 Å². The van der Waals surface area contributed by atoms with Gasteiger partial charge in [0.15, 0.2) is 11.5 Å². The van der Waals surface area contributed by atoms with Crippen molar-refractivity contribution in [1.82, 2.24) is 10.6 Å². The number of carbonyl (C=O) groups excluding carboxylic acids is 1. The highest BCUT2D eigenvalue weighted by atomic mass is 19.3. The molecule has 0 aliphatic heterocycles. The Labute approximate surface area is 162 Å². The van der Waals surface area contributed by atoms with Crippen molar-refractivity contribution in [2.45, 2.75) is 19.4 Å². The predicted molar refractivity (Wildman–Crippen MR) is 101 cm³/mol. The van der Waals surface area contributed by atoms with E-state index in [9.17, 15) is 13.6 Å². The van der Waals surface area contributed by atoms with Gasteiger partial charge in [0.1, 0.15) is 12.4 Å². The molecule has 0 heterocycles. The highest BCUT2D eigenvalue weighted by Crippen LogP contribution is 2.27. The minimum atomic E-state index is -2.53. The van der Waals surface area contributed by atoms with Crippen molar-refractivity contribution < 1.29 is 27.8 Å². The normalized spacial score (nSPS) is 10.5. The van der Waals surface area contributed by atoms with Crippen molar-refractivity contribution in [3.63, 3.8) is 0 Å². The van der Waals surface area contributed by atoms with Crippen molar-refractivity contribution in [2.24, 2.45) is 0 Å². The van der Waals surface area contributed by atoms with Crippen LogP contribution in [0.15, 0.2) is 42.5 Å². The van der Waals surface area contributed by atoms with E-state index in [4.69, 9.17) is 14.2 Å². The summed E-state index contributed by atoms with van der Waals surface area (Å²) >= 11 is 0. The Bertz CT molecular complexity index is 772. The van der Waals surface area contributed by atoms with Gasteiger partial charge >= 0.3 is 6.03 Å². The van der Waals surface area contributed by atoms with Crippen LogP contribution < -0.4 is 24.8 Å². The maximum Gasteiger partial charge on any atom is 0.315 e. The van der Waals surface area contributed by atoms with Crippen LogP contribution in [0.3, 0.4) is 0 Å². The van der Waals surface area contributed by atoms with E-state index in [1.807, 2.05) is 18.2 Å². The number of carbonyl (C=O) groups is 1. The fourth-order valence-electron chi connectivity index (χ4n) is 2.51. The van der Waals surface area contributed by atoms with Crippen LogP contribution in [-0.4, -0.2) is 39.8 Å². The van der Waals surface area contributed by atoms with Gasteiger partial charge in [0, 0.05) is 13.1 Å². The zero-order chi connectivity index (χ0) is 20.4. The lowest BCUT2D eigenvalue weighted by Crippen LogP contribution is -2.36. The van der Waals surface area contributed by atoms with Crippen LogP contribution in [0.25, 0.3) is 0 Å². The Hall–Kier alpha value is -3.03. The second-order valence-corrected chi connectivity index (χ2v) is 5.90. The molecule has 0 aliphatic carbocycles. The standard InChI is InChI=1S/C20H24F2N2O4/c1-26-17-7-6-14(11-18(17)27-2)8-9-23-20(25)24-12-15-4-3-5-16(10-15)28-13-19(21)22/h3-7,10-11,19H,8-9,12-13H2,1-2H3,(H2,23,24,25). The van der Waals surface area contributed by atoms with Gasteiger partial charge in [0.2, 0.25) is 0 Å². The fraction of sp³-hybridized carbons (Fsp3) is 0.350. The number of urea groups is 1. The molecule has 0 fully saturated rings. The van der Waals surface area contributed by atoms with Crippen LogP contribution in [0.2, 0.25) is 0 Å². The number of alkyl halides is 2. The first kappa shape index (κ1) is 21.3. The number of halogens is 2. The third-order valence-electron chi connectivity index (χ3n) is 3.87. The van der Waals surface area contributed by atoms with Crippen molar-refractivity contribution in [3.05, 3.63) is 53.6 Å². The van der Waals surface area contributed by atoms with E-state index < -0.39 is 13.0 Å². The van der Waals surface area contributed by atoms with E-state index in [1.165, 1.54) is 0 Å². The molecule has 0 radical (unpaired) electrons. The van der Waals surface area contributed by atoms with Crippen LogP contribution in [0, 0.1) is 0 Å². The first-order valence-electron chi connectivity index (χ1n) is 8.74. The van der Waals surface area contributed by atoms with Gasteiger partial charge in [-0.25, -0.2) is 13.6 Å². The van der Waals surface area contributed by atoms with Crippen LogP contribution >= 0.6 is 0 Å². The van der Waals surface area contributed by atoms with Gasteiger partial charge in [-0.1, -0.05) is 18.2 Å². The number of rotatable bonds is 10. The smallest absolute Gasteiger partial charge is 0.315 e. The number of hydrogen-bond donors (Lipinski definition) is 2. The fourth-order valence-corrected chi connectivity index (χ4v) is 2.51. The monoisotopic (exact) mass is 394 g/mol. The molecule has 28 heavy (non-hydrogen) atoms. The van der Waals surface area contributed by atoms with Gasteiger partial charge in [-0.3, -0.25) is 0 Å². The Morgan fingerprint density at radius 1 is 1.00 bits per heavy atom. The molecule has 2 rings (SSSR count). The molecule has 0 saturated carbocycles. The summed E-state index contributed by atoms with van der Waals surface area (Å²) in [6.45, 7) is 0.0421. The van der Waals surface area contributed by atoms with Crippen LogP contribution in [0.4, 0.5) is 13.6 Å². The minimum absolute atomic E-state index is 0.258. The number of hydrogen-bond acceptors (Lipinski definition) is 4. The largest absolute Gasteiger partial charge is 0.493 e. The number of nitrogens with one attached hydrogen (secondary N) is 2. The molecule has 0 atom stereocenters. The summed E-state index contributed by atoms with van der Waals surface area (Å²) in [6, 6.07) is 11.9. The zero-order valence-corrected chi connectivity index (χ0v) is 15.8. The van der Waals surface area contributed by atoms with Gasteiger partial charge in [-0.2, -0.15) is 0 Å². The number of ether oxygens (including phenoxy) is 3. The van der Waals surface area contributed by atoms with Gasteiger partial charge in [-0.05, 0) is 41.8 Å². The number of amides is 2. The number of benzene rings is 2. The lowest BCUT2D eigenvalue weighted by Gasteiger charge is -2.11. The van der Waals surface area contributed by atoms with E-state index in [1.54, 1.807) is 38.5 Å². The summed E-state index contributed by atoms with van der Waals surface area (Å²) in [6.07, 6.45) is -1.90. The number of methoxy groups -OCH3 is 2. The van der Waals surface area contributed by atoms with Gasteiger partial charge < -0.3 is 24.8 Å². The van der Waals surface area contributed by atoms with Gasteiger partial charge in [0.05, 0.1) is 14.2 Å². The summed E-state index contributed by atoms with van der Waals surface area (Å²) in [5.41, 5.74) is 1.75. The Balaban J connectivity index is 1.75. The van der Waals surface area contributed by atoms with Gasteiger partial charge in [0.25, 0.3) is 6.43 Å². The van der Waals surface area contributed by atoms with Crippen LogP contribution in [0.5, 0.6) is 17.2 Å². The molecule has 0 bridgehead atoms. The Morgan fingerprint density at radius 2 is 1.79 bits per heavy atom. The van der Waals surface area contributed by atoms with Crippen molar-refractivity contribution >= 4 is 6.03 Å². The molecule has 2 amide bonds. The predicted octanol–water partition coefficient (Wildman–Crippen LogP) is 3.39. The summed E-state index contributed by atoms with van der Waals surface area (Å²) < 4.78 is 39.8. The van der Waals surface area contributed by atoms with Crippen molar-refractivity contribution in [1.29, 1.82) is 0 Å². The molecule has 152 valence electrons. The molecule has 0 saturated heterocycles. The first-order chi connectivity index (χ1) is 13.5. The molecule has 2 N–H and O–H groups in total. The molecule has 0 spiro atoms. The average Bonchev–Trinajstić information content (AvgIpc) is 2.71. The van der Waals surface area contributed by atoms with E-state index in [2.05, 4.69) is 10.6 Å². The molecule has 0 unspecified atom stereocenters. The first-order valence-corrected chi connectivity index (χ1v) is 8.74. The molecular weight excluding hydrogens is 370 g/mol. The summed E-state index contributed by atoms with van der Waals surface area (Å²) in [7, 11) is 3.14. The quantitative estimate of drug-likeness (QED) is 0.648. The maximum absolute atomic E-state index is 12.2. The second kappa shape index (κ2) is 11.0. The topological polar surface area (TPSA) is 68.8 Å². The maximum atomic E-state index is 12.2. The van der Waals surface area contributed by atoms with Crippen molar-refractivity contribution in [3.8, 4) is 17.2 Å². The van der Waals surface area contributed by atoms with E-state index >= 15 is 0 Å². The minimum Gasteiger partial charge on any atom is -0.493 e. The summed E-state index contributed by atoms with van der Waals surface area (Å²) in [5, 5.41) is 5.49.